The molecule has 2 aromatic carbocycles. The minimum atomic E-state index is -0.471. The van der Waals surface area contributed by atoms with Crippen LogP contribution in [-0.4, -0.2) is 40.2 Å². The third-order valence-corrected chi connectivity index (χ3v) is 6.13. The van der Waals surface area contributed by atoms with Crippen LogP contribution in [0.4, 0.5) is 11.5 Å². The van der Waals surface area contributed by atoms with Gasteiger partial charge in [0.2, 0.25) is 0 Å². The summed E-state index contributed by atoms with van der Waals surface area (Å²) in [6.07, 6.45) is 0.924. The van der Waals surface area contributed by atoms with Gasteiger partial charge in [0.05, 0.1) is 17.6 Å². The molecular formula is C26H31N5O2. The van der Waals surface area contributed by atoms with Crippen molar-refractivity contribution in [3.8, 4) is 5.69 Å². The molecule has 0 amide bonds. The Bertz CT molecular complexity index is 1280. The Morgan fingerprint density at radius 2 is 1.67 bits per heavy atom. The molecule has 2 N–H and O–H groups in total. The lowest BCUT2D eigenvalue weighted by Crippen LogP contribution is -2.21. The molecule has 172 valence electrons. The van der Waals surface area contributed by atoms with E-state index in [1.807, 2.05) is 43.3 Å². The molecule has 0 radical (unpaired) electrons. The summed E-state index contributed by atoms with van der Waals surface area (Å²) in [7, 11) is 0. The predicted octanol–water partition coefficient (Wildman–Crippen LogP) is 5.21. The van der Waals surface area contributed by atoms with Crippen molar-refractivity contribution in [3.05, 3.63) is 54.1 Å². The molecule has 0 unspecified atom stereocenters. The third-order valence-electron chi connectivity index (χ3n) is 6.13. The number of esters is 1. The molecule has 0 aliphatic heterocycles. The molecular weight excluding hydrogens is 414 g/mol. The Hall–Kier alpha value is -3.61. The van der Waals surface area contributed by atoms with Crippen molar-refractivity contribution in [2.24, 2.45) is 5.92 Å². The van der Waals surface area contributed by atoms with E-state index >= 15 is 0 Å². The maximum absolute atomic E-state index is 13.1. The first-order valence-corrected chi connectivity index (χ1v) is 11.6. The first-order valence-electron chi connectivity index (χ1n) is 11.6. The van der Waals surface area contributed by atoms with Crippen LogP contribution in [0.15, 0.2) is 48.5 Å². The Labute approximate surface area is 194 Å². The van der Waals surface area contributed by atoms with Gasteiger partial charge in [0.25, 0.3) is 0 Å². The number of nitrogens with two attached hydrogens (primary N) is 1. The number of fused-ring (bicyclic) bond motifs is 2. The zero-order chi connectivity index (χ0) is 23.5. The van der Waals surface area contributed by atoms with Crippen molar-refractivity contribution in [1.29, 1.82) is 0 Å². The van der Waals surface area contributed by atoms with Gasteiger partial charge in [0.1, 0.15) is 16.9 Å². The van der Waals surface area contributed by atoms with E-state index in [0.717, 1.165) is 36.4 Å². The summed E-state index contributed by atoms with van der Waals surface area (Å²) in [6.45, 7) is 10.6. The summed E-state index contributed by atoms with van der Waals surface area (Å²) in [5.74, 6) is 0.0778. The molecule has 7 nitrogen and oxygen atoms in total. The molecule has 4 aromatic rings. The van der Waals surface area contributed by atoms with Crippen LogP contribution < -0.4 is 10.6 Å². The van der Waals surface area contributed by atoms with Gasteiger partial charge in [-0.25, -0.2) is 14.8 Å². The second-order valence-electron chi connectivity index (χ2n) is 8.28. The first kappa shape index (κ1) is 22.6. The predicted molar refractivity (Wildman–Crippen MR) is 134 cm³/mol. The van der Waals surface area contributed by atoms with Crippen LogP contribution in [-0.2, 0) is 4.74 Å². The largest absolute Gasteiger partial charge is 0.462 e. The summed E-state index contributed by atoms with van der Waals surface area (Å²) in [4.78, 5) is 25.0. The van der Waals surface area contributed by atoms with Crippen LogP contribution in [0.25, 0.3) is 27.9 Å². The highest BCUT2D eigenvalue weighted by atomic mass is 16.5. The average molecular weight is 446 g/mol. The molecule has 7 heteroatoms. The van der Waals surface area contributed by atoms with E-state index in [9.17, 15) is 4.79 Å². The Balaban J connectivity index is 1.87. The van der Waals surface area contributed by atoms with Crippen LogP contribution >= 0.6 is 0 Å². The van der Waals surface area contributed by atoms with E-state index in [-0.39, 0.29) is 17.3 Å². The van der Waals surface area contributed by atoms with Crippen molar-refractivity contribution in [2.75, 3.05) is 30.3 Å². The summed E-state index contributed by atoms with van der Waals surface area (Å²) >= 11 is 0. The van der Waals surface area contributed by atoms with Gasteiger partial charge >= 0.3 is 5.97 Å². The van der Waals surface area contributed by atoms with Gasteiger partial charge in [-0.2, -0.15) is 0 Å². The minimum absolute atomic E-state index is 0.263. The van der Waals surface area contributed by atoms with E-state index in [2.05, 4.69) is 37.8 Å². The van der Waals surface area contributed by atoms with Gasteiger partial charge in [0.15, 0.2) is 5.65 Å². The van der Waals surface area contributed by atoms with Crippen molar-refractivity contribution >= 4 is 39.7 Å². The molecule has 0 saturated carbocycles. The van der Waals surface area contributed by atoms with Crippen LogP contribution in [0.2, 0.25) is 0 Å². The highest BCUT2D eigenvalue weighted by Crippen LogP contribution is 2.32. The smallest absolute Gasteiger partial charge is 0.344 e. The molecule has 2 heterocycles. The second-order valence-corrected chi connectivity index (χ2v) is 8.28. The normalized spacial score (nSPS) is 12.2. The number of aromatic nitrogens is 3. The number of hydrogen-bond acceptors (Lipinski definition) is 6. The fourth-order valence-corrected chi connectivity index (χ4v) is 3.93. The van der Waals surface area contributed by atoms with Gasteiger partial charge in [-0.1, -0.05) is 32.4 Å². The molecule has 0 aliphatic carbocycles. The fourth-order valence-electron chi connectivity index (χ4n) is 3.93. The number of anilines is 2. The van der Waals surface area contributed by atoms with Crippen LogP contribution in [0.3, 0.4) is 0 Å². The average Bonchev–Trinajstić information content (AvgIpc) is 3.12. The number of carbonyl (C=O) groups excluding carboxylic acids is 1. The number of rotatable bonds is 8. The summed E-state index contributed by atoms with van der Waals surface area (Å²) < 4.78 is 7.40. The zero-order valence-corrected chi connectivity index (χ0v) is 19.7. The number of nitrogen functional groups attached to an aromatic ring is 1. The first-order chi connectivity index (χ1) is 16.0. The number of carbonyl (C=O) groups is 1. The molecule has 0 fully saturated rings. The molecule has 2 aromatic heterocycles. The lowest BCUT2D eigenvalue weighted by Gasteiger charge is -2.21. The Morgan fingerprint density at radius 1 is 1.03 bits per heavy atom. The number of ether oxygens (including phenoxy) is 1. The van der Waals surface area contributed by atoms with Gasteiger partial charge in [-0.15, -0.1) is 0 Å². The Kier molecular flexibility index (Phi) is 6.49. The van der Waals surface area contributed by atoms with E-state index < -0.39 is 5.97 Å². The van der Waals surface area contributed by atoms with Crippen molar-refractivity contribution in [1.82, 2.24) is 14.5 Å². The molecule has 33 heavy (non-hydrogen) atoms. The quantitative estimate of drug-likeness (QED) is 0.375. The van der Waals surface area contributed by atoms with E-state index in [4.69, 9.17) is 20.4 Å². The topological polar surface area (TPSA) is 86.3 Å². The van der Waals surface area contributed by atoms with Gasteiger partial charge in [0, 0.05) is 24.5 Å². The molecule has 0 bridgehead atoms. The number of nitrogens with zero attached hydrogens (tertiary/aromatic N) is 4. The monoisotopic (exact) mass is 445 g/mol. The number of benzene rings is 2. The zero-order valence-electron chi connectivity index (χ0n) is 19.7. The number of para-hydroxylation sites is 2. The molecule has 1 atom stereocenters. The highest BCUT2D eigenvalue weighted by Gasteiger charge is 2.26. The standard InChI is InChI=1S/C26H31N5O2/c1-5-17(4)16-33-26(32)22-23-25(29-21-11-9-8-10-20(21)28-23)31(24(22)27)19-14-12-18(13-15-19)30(6-2)7-3/h8-15,17H,5-7,16,27H2,1-4H3/t17-/m0/s1. The number of hydrogen-bond donors (Lipinski definition) is 1. The van der Waals surface area contributed by atoms with E-state index in [1.54, 1.807) is 4.57 Å². The van der Waals surface area contributed by atoms with Crippen LogP contribution in [0.1, 0.15) is 44.5 Å². The fraction of sp³-hybridized carbons (Fsp3) is 0.346. The summed E-state index contributed by atoms with van der Waals surface area (Å²) in [6, 6.07) is 15.7. The maximum atomic E-state index is 13.1. The van der Waals surface area contributed by atoms with Crippen molar-refractivity contribution in [3.63, 3.8) is 0 Å². The van der Waals surface area contributed by atoms with Gasteiger partial charge in [-0.05, 0) is 56.2 Å². The Morgan fingerprint density at radius 3 is 2.27 bits per heavy atom. The highest BCUT2D eigenvalue weighted by molar-refractivity contribution is 6.09. The van der Waals surface area contributed by atoms with Crippen molar-refractivity contribution < 1.29 is 9.53 Å². The van der Waals surface area contributed by atoms with E-state index in [0.29, 0.717) is 23.3 Å². The minimum Gasteiger partial charge on any atom is -0.462 e. The van der Waals surface area contributed by atoms with Gasteiger partial charge < -0.3 is 15.4 Å². The maximum Gasteiger partial charge on any atom is 0.344 e. The van der Waals surface area contributed by atoms with Crippen LogP contribution in [0, 0.1) is 5.92 Å². The molecule has 0 saturated heterocycles. The summed E-state index contributed by atoms with van der Waals surface area (Å²) in [5.41, 5.74) is 11.2. The third kappa shape index (κ3) is 4.23. The second kappa shape index (κ2) is 9.48. The van der Waals surface area contributed by atoms with E-state index in [1.165, 1.54) is 0 Å². The molecule has 4 rings (SSSR count). The lowest BCUT2D eigenvalue weighted by molar-refractivity contribution is 0.0450. The van der Waals surface area contributed by atoms with Crippen molar-refractivity contribution in [2.45, 2.75) is 34.1 Å². The lowest BCUT2D eigenvalue weighted by atomic mass is 10.1. The SMILES string of the molecule is CC[C@H](C)COC(=O)c1c(N)n(-c2ccc(N(CC)CC)cc2)c2nc3ccccc3nc12. The van der Waals surface area contributed by atoms with Gasteiger partial charge in [-0.3, -0.25) is 4.57 Å². The summed E-state index contributed by atoms with van der Waals surface area (Å²) in [5, 5.41) is 0. The molecule has 0 spiro atoms. The molecule has 0 aliphatic rings. The van der Waals surface area contributed by atoms with Crippen LogP contribution in [0.5, 0.6) is 0 Å².